The molecule has 2 rings (SSSR count). The van der Waals surface area contributed by atoms with Crippen LogP contribution in [0.15, 0.2) is 29.2 Å². The second-order valence-corrected chi connectivity index (χ2v) is 8.22. The highest BCUT2D eigenvalue weighted by molar-refractivity contribution is 7.89. The maximum atomic E-state index is 12.7. The standard InChI is InChI=1S/C17H26N2O4S/c1-4-13(2)15-5-7-16(8-6-15)24(22,23)19-11-9-18(10-12-19)17(21)14(3)20/h5-8,13-14,20H,4,9-12H2,1-3H3/t13-,14+/m0/s1. The number of piperazine rings is 1. The maximum Gasteiger partial charge on any atom is 0.251 e. The molecule has 7 heteroatoms. The van der Waals surface area contributed by atoms with E-state index in [1.807, 2.05) is 12.1 Å². The van der Waals surface area contributed by atoms with E-state index in [1.165, 1.54) is 16.1 Å². The lowest BCUT2D eigenvalue weighted by molar-refractivity contribution is -0.140. The van der Waals surface area contributed by atoms with Crippen LogP contribution in [0.5, 0.6) is 0 Å². The van der Waals surface area contributed by atoms with Gasteiger partial charge in [-0.25, -0.2) is 8.42 Å². The minimum atomic E-state index is -3.55. The Balaban J connectivity index is 2.08. The largest absolute Gasteiger partial charge is 0.384 e. The van der Waals surface area contributed by atoms with Gasteiger partial charge in [0.1, 0.15) is 6.10 Å². The van der Waals surface area contributed by atoms with Crippen LogP contribution < -0.4 is 0 Å². The van der Waals surface area contributed by atoms with Crippen molar-refractivity contribution in [3.05, 3.63) is 29.8 Å². The van der Waals surface area contributed by atoms with Crippen molar-refractivity contribution in [1.29, 1.82) is 0 Å². The van der Waals surface area contributed by atoms with Crippen molar-refractivity contribution in [2.24, 2.45) is 0 Å². The average molecular weight is 354 g/mol. The summed E-state index contributed by atoms with van der Waals surface area (Å²) in [5.74, 6) is 0.0433. The SMILES string of the molecule is CC[C@H](C)c1ccc(S(=O)(=O)N2CCN(C(=O)[C@@H](C)O)CC2)cc1. The van der Waals surface area contributed by atoms with Gasteiger partial charge in [0.15, 0.2) is 0 Å². The van der Waals surface area contributed by atoms with Gasteiger partial charge in [-0.15, -0.1) is 0 Å². The molecule has 1 saturated heterocycles. The van der Waals surface area contributed by atoms with E-state index in [0.717, 1.165) is 12.0 Å². The molecular formula is C17H26N2O4S. The Bertz CT molecular complexity index is 662. The van der Waals surface area contributed by atoms with Gasteiger partial charge < -0.3 is 10.0 Å². The third-order valence-corrected chi connectivity index (χ3v) is 6.52. The van der Waals surface area contributed by atoms with Crippen LogP contribution in [0.25, 0.3) is 0 Å². The van der Waals surface area contributed by atoms with Crippen molar-refractivity contribution in [1.82, 2.24) is 9.21 Å². The van der Waals surface area contributed by atoms with Gasteiger partial charge in [-0.05, 0) is 37.0 Å². The van der Waals surface area contributed by atoms with E-state index in [9.17, 15) is 18.3 Å². The number of nitrogens with zero attached hydrogens (tertiary/aromatic N) is 2. The Morgan fingerprint density at radius 1 is 1.12 bits per heavy atom. The summed E-state index contributed by atoms with van der Waals surface area (Å²) >= 11 is 0. The second-order valence-electron chi connectivity index (χ2n) is 6.28. The highest BCUT2D eigenvalue weighted by Crippen LogP contribution is 2.23. The topological polar surface area (TPSA) is 77.9 Å². The van der Waals surface area contributed by atoms with Gasteiger partial charge in [0.25, 0.3) is 5.91 Å². The van der Waals surface area contributed by atoms with Crippen molar-refractivity contribution in [2.75, 3.05) is 26.2 Å². The molecule has 24 heavy (non-hydrogen) atoms. The van der Waals surface area contributed by atoms with Crippen molar-refractivity contribution in [2.45, 2.75) is 44.1 Å². The van der Waals surface area contributed by atoms with Crippen LogP contribution in [0.2, 0.25) is 0 Å². The molecule has 1 aromatic carbocycles. The molecule has 134 valence electrons. The summed E-state index contributed by atoms with van der Waals surface area (Å²) in [4.78, 5) is 13.5. The molecule has 1 aliphatic rings. The van der Waals surface area contributed by atoms with E-state index in [1.54, 1.807) is 12.1 Å². The Hall–Kier alpha value is -1.44. The van der Waals surface area contributed by atoms with Crippen molar-refractivity contribution in [3.8, 4) is 0 Å². The van der Waals surface area contributed by atoms with Crippen molar-refractivity contribution in [3.63, 3.8) is 0 Å². The molecule has 0 bridgehead atoms. The molecule has 0 spiro atoms. The Kier molecular flexibility index (Phi) is 6.01. The highest BCUT2D eigenvalue weighted by Gasteiger charge is 2.31. The number of rotatable bonds is 5. The van der Waals surface area contributed by atoms with Crippen LogP contribution in [0.3, 0.4) is 0 Å². The molecule has 1 aromatic rings. The van der Waals surface area contributed by atoms with Crippen molar-refractivity contribution >= 4 is 15.9 Å². The van der Waals surface area contributed by atoms with Crippen LogP contribution in [0.1, 0.15) is 38.7 Å². The Morgan fingerprint density at radius 2 is 1.67 bits per heavy atom. The fourth-order valence-corrected chi connectivity index (χ4v) is 4.19. The Morgan fingerprint density at radius 3 is 2.12 bits per heavy atom. The lowest BCUT2D eigenvalue weighted by atomic mass is 9.99. The first-order chi connectivity index (χ1) is 11.3. The van der Waals surface area contributed by atoms with E-state index in [0.29, 0.717) is 19.0 Å². The fraction of sp³-hybridized carbons (Fsp3) is 0.588. The smallest absolute Gasteiger partial charge is 0.251 e. The minimum Gasteiger partial charge on any atom is -0.384 e. The summed E-state index contributed by atoms with van der Waals surface area (Å²) in [6.07, 6.45) is -0.0491. The van der Waals surface area contributed by atoms with Crippen LogP contribution in [-0.4, -0.2) is 60.9 Å². The highest BCUT2D eigenvalue weighted by atomic mass is 32.2. The van der Waals surface area contributed by atoms with Crippen LogP contribution in [0, 0.1) is 0 Å². The third-order valence-electron chi connectivity index (χ3n) is 4.61. The van der Waals surface area contributed by atoms with Gasteiger partial charge in [0.2, 0.25) is 10.0 Å². The number of carbonyl (C=O) groups excluding carboxylic acids is 1. The van der Waals surface area contributed by atoms with E-state index >= 15 is 0 Å². The monoisotopic (exact) mass is 354 g/mol. The number of hydrogen-bond donors (Lipinski definition) is 1. The number of sulfonamides is 1. The molecule has 1 fully saturated rings. The second kappa shape index (κ2) is 7.63. The van der Waals surface area contributed by atoms with E-state index in [-0.39, 0.29) is 23.9 Å². The number of amides is 1. The molecule has 1 aliphatic heterocycles. The van der Waals surface area contributed by atoms with E-state index < -0.39 is 16.1 Å². The maximum absolute atomic E-state index is 12.7. The predicted molar refractivity (Wildman–Crippen MR) is 92.2 cm³/mol. The molecule has 1 N–H and O–H groups in total. The lowest BCUT2D eigenvalue weighted by Gasteiger charge is -2.34. The first-order valence-electron chi connectivity index (χ1n) is 8.34. The molecule has 2 atom stereocenters. The summed E-state index contributed by atoms with van der Waals surface area (Å²) in [6.45, 7) is 6.72. The summed E-state index contributed by atoms with van der Waals surface area (Å²) < 4.78 is 26.8. The summed E-state index contributed by atoms with van der Waals surface area (Å²) in [5.41, 5.74) is 1.13. The average Bonchev–Trinajstić information content (AvgIpc) is 2.60. The fourth-order valence-electron chi connectivity index (χ4n) is 2.77. The van der Waals surface area contributed by atoms with Crippen LogP contribution in [0.4, 0.5) is 0 Å². The van der Waals surface area contributed by atoms with Crippen molar-refractivity contribution < 1.29 is 18.3 Å². The summed E-state index contributed by atoms with van der Waals surface area (Å²) in [7, 11) is -3.55. The lowest BCUT2D eigenvalue weighted by Crippen LogP contribution is -2.52. The van der Waals surface area contributed by atoms with E-state index in [2.05, 4.69) is 13.8 Å². The van der Waals surface area contributed by atoms with Gasteiger partial charge in [-0.2, -0.15) is 4.31 Å². The molecule has 0 aliphatic carbocycles. The van der Waals surface area contributed by atoms with Gasteiger partial charge in [0, 0.05) is 26.2 Å². The molecule has 0 aromatic heterocycles. The first-order valence-corrected chi connectivity index (χ1v) is 9.78. The Labute approximate surface area is 144 Å². The normalized spacial score (nSPS) is 19.1. The quantitative estimate of drug-likeness (QED) is 0.867. The molecule has 0 radical (unpaired) electrons. The zero-order valence-electron chi connectivity index (χ0n) is 14.5. The zero-order valence-corrected chi connectivity index (χ0v) is 15.3. The van der Waals surface area contributed by atoms with Crippen LogP contribution in [-0.2, 0) is 14.8 Å². The molecule has 6 nitrogen and oxygen atoms in total. The molecule has 1 amide bonds. The molecule has 1 heterocycles. The van der Waals surface area contributed by atoms with Gasteiger partial charge in [-0.3, -0.25) is 4.79 Å². The number of hydrogen-bond acceptors (Lipinski definition) is 4. The molecule has 0 unspecified atom stereocenters. The summed E-state index contributed by atoms with van der Waals surface area (Å²) in [5, 5.41) is 9.34. The van der Waals surface area contributed by atoms with Gasteiger partial charge in [-0.1, -0.05) is 26.0 Å². The number of benzene rings is 1. The summed E-state index contributed by atoms with van der Waals surface area (Å²) in [6, 6.07) is 7.05. The predicted octanol–water partition coefficient (Wildman–Crippen LogP) is 1.41. The van der Waals surface area contributed by atoms with Gasteiger partial charge in [0.05, 0.1) is 4.90 Å². The minimum absolute atomic E-state index is 0.244. The number of aliphatic hydroxyl groups excluding tert-OH is 1. The molecular weight excluding hydrogens is 328 g/mol. The van der Waals surface area contributed by atoms with Crippen LogP contribution >= 0.6 is 0 Å². The number of carbonyl (C=O) groups is 1. The van der Waals surface area contributed by atoms with Gasteiger partial charge >= 0.3 is 0 Å². The molecule has 0 saturated carbocycles. The zero-order chi connectivity index (χ0) is 17.9. The number of aliphatic hydroxyl groups is 1. The van der Waals surface area contributed by atoms with E-state index in [4.69, 9.17) is 0 Å². The first kappa shape index (κ1) is 18.9. The third kappa shape index (κ3) is 3.96.